The Morgan fingerprint density at radius 2 is 1.26 bits per heavy atom. The van der Waals surface area contributed by atoms with Crippen LogP contribution in [0.5, 0.6) is 11.5 Å². The van der Waals surface area contributed by atoms with Crippen LogP contribution in [-0.4, -0.2) is 17.7 Å². The summed E-state index contributed by atoms with van der Waals surface area (Å²) in [7, 11) is -2.46. The first kappa shape index (κ1) is 24.4. The minimum absolute atomic E-state index is 0.109. The topological polar surface area (TPSA) is 55.8 Å². The molecular formula is C30H30O4S. The Morgan fingerprint density at radius 3 is 1.83 bits per heavy atom. The zero-order valence-electron chi connectivity index (χ0n) is 19.8. The molecule has 35 heavy (non-hydrogen) atoms. The maximum Gasteiger partial charge on any atom is 0.353 e. The highest BCUT2D eigenvalue weighted by atomic mass is 32.3. The smallest absolute Gasteiger partial charge is 0.353 e. The second-order valence-electron chi connectivity index (χ2n) is 8.10. The highest BCUT2D eigenvalue weighted by Crippen LogP contribution is 2.69. The molecule has 4 aromatic rings. The summed E-state index contributed by atoms with van der Waals surface area (Å²) in [5.74, 6) is 0.0970. The number of carbonyl (C=O) groups is 1. The van der Waals surface area contributed by atoms with Gasteiger partial charge in [0.05, 0.1) is 6.61 Å². The van der Waals surface area contributed by atoms with Gasteiger partial charge >= 0.3 is 5.97 Å². The van der Waals surface area contributed by atoms with Crippen molar-refractivity contribution in [1.82, 2.24) is 0 Å². The molecule has 180 valence electrons. The van der Waals surface area contributed by atoms with E-state index < -0.39 is 16.3 Å². The second kappa shape index (κ2) is 11.6. The number of carbonyl (C=O) groups excluding carboxylic acids is 1. The van der Waals surface area contributed by atoms with Crippen LogP contribution in [0.1, 0.15) is 36.5 Å². The predicted octanol–water partition coefficient (Wildman–Crippen LogP) is 8.01. The van der Waals surface area contributed by atoms with Crippen LogP contribution in [0.3, 0.4) is 0 Å². The second-order valence-corrected chi connectivity index (χ2v) is 10.8. The number of unbranched alkanes of at least 4 members (excludes halogenated alkanes) is 2. The van der Waals surface area contributed by atoms with Crippen LogP contribution in [0.15, 0.2) is 124 Å². The normalized spacial score (nSPS) is 11.6. The highest BCUT2D eigenvalue weighted by Gasteiger charge is 2.36. The average molecular weight is 487 g/mol. The molecule has 0 aliphatic carbocycles. The summed E-state index contributed by atoms with van der Waals surface area (Å²) in [6, 6.07) is 33.9. The molecule has 0 atom stereocenters. The molecule has 0 fully saturated rings. The Balaban J connectivity index is 1.81. The number of para-hydroxylation sites is 1. The number of aromatic hydroxyl groups is 1. The largest absolute Gasteiger partial charge is 0.507 e. The summed E-state index contributed by atoms with van der Waals surface area (Å²) in [5, 5.41) is 10.3. The van der Waals surface area contributed by atoms with Gasteiger partial charge in [0.15, 0.2) is 0 Å². The molecule has 0 saturated carbocycles. The Bertz CT molecular complexity index is 1180. The maximum absolute atomic E-state index is 13.5. The first-order valence-corrected chi connectivity index (χ1v) is 13.4. The summed E-state index contributed by atoms with van der Waals surface area (Å²) >= 11 is 0. The van der Waals surface area contributed by atoms with Gasteiger partial charge in [0.25, 0.3) is 0 Å². The van der Waals surface area contributed by atoms with E-state index in [4.69, 9.17) is 8.92 Å². The quantitative estimate of drug-likeness (QED) is 0.231. The fourth-order valence-electron chi connectivity index (χ4n) is 3.85. The summed E-state index contributed by atoms with van der Waals surface area (Å²) < 4.78 is 12.4. The number of ether oxygens (including phenoxy) is 1. The molecule has 0 aromatic heterocycles. The minimum Gasteiger partial charge on any atom is -0.507 e. The van der Waals surface area contributed by atoms with Gasteiger partial charge in [-0.3, -0.25) is 0 Å². The number of benzene rings is 4. The van der Waals surface area contributed by atoms with E-state index in [-0.39, 0.29) is 11.3 Å². The third kappa shape index (κ3) is 5.52. The van der Waals surface area contributed by atoms with Gasteiger partial charge in [0, 0.05) is 14.7 Å². The number of hydrogen-bond acceptors (Lipinski definition) is 4. The van der Waals surface area contributed by atoms with Gasteiger partial charge in [0.1, 0.15) is 17.1 Å². The zero-order valence-corrected chi connectivity index (χ0v) is 20.6. The highest BCUT2D eigenvalue weighted by molar-refractivity contribution is 8.30. The molecule has 0 unspecified atom stereocenters. The molecule has 0 spiro atoms. The van der Waals surface area contributed by atoms with Gasteiger partial charge in [-0.15, -0.1) is 0 Å². The molecule has 0 saturated heterocycles. The van der Waals surface area contributed by atoms with Crippen LogP contribution in [-0.2, 0) is 4.18 Å². The minimum atomic E-state index is -2.46. The standard InChI is InChI=1S/C30H30O4S/c1-2-3-12-23-33-24-19-21-27(22-20-24)35(25-13-6-4-7-14-25,26-15-8-5-9-16-26)34-30(32)28-17-10-11-18-29(28)31/h4-11,13-22,31H,2-3,12,23H2,1H3. The Labute approximate surface area is 208 Å². The van der Waals surface area contributed by atoms with E-state index in [0.717, 1.165) is 39.7 Å². The summed E-state index contributed by atoms with van der Waals surface area (Å²) in [6.07, 6.45) is 3.29. The Hall–Kier alpha value is -3.70. The maximum atomic E-state index is 13.5. The van der Waals surface area contributed by atoms with Crippen molar-refractivity contribution >= 4 is 16.3 Å². The molecule has 1 N–H and O–H groups in total. The van der Waals surface area contributed by atoms with Crippen molar-refractivity contribution in [2.24, 2.45) is 0 Å². The van der Waals surface area contributed by atoms with Crippen LogP contribution >= 0.6 is 10.3 Å². The number of rotatable bonds is 10. The summed E-state index contributed by atoms with van der Waals surface area (Å²) in [4.78, 5) is 16.1. The van der Waals surface area contributed by atoms with Crippen molar-refractivity contribution in [3.63, 3.8) is 0 Å². The van der Waals surface area contributed by atoms with Gasteiger partial charge in [-0.1, -0.05) is 68.3 Å². The van der Waals surface area contributed by atoms with Crippen LogP contribution in [0.4, 0.5) is 0 Å². The van der Waals surface area contributed by atoms with Crippen molar-refractivity contribution in [2.45, 2.75) is 40.9 Å². The van der Waals surface area contributed by atoms with Crippen molar-refractivity contribution in [1.29, 1.82) is 0 Å². The van der Waals surface area contributed by atoms with E-state index in [9.17, 15) is 9.90 Å². The Kier molecular flexibility index (Phi) is 8.11. The number of hydrogen-bond donors (Lipinski definition) is 1. The molecule has 0 radical (unpaired) electrons. The van der Waals surface area contributed by atoms with E-state index in [1.807, 2.05) is 84.9 Å². The number of phenolic OH excluding ortho intramolecular Hbond substituents is 1. The van der Waals surface area contributed by atoms with Gasteiger partial charge < -0.3 is 14.0 Å². The van der Waals surface area contributed by atoms with Crippen molar-refractivity contribution in [2.75, 3.05) is 6.61 Å². The fraction of sp³-hybridized carbons (Fsp3) is 0.167. The third-order valence-electron chi connectivity index (χ3n) is 5.65. The first-order valence-electron chi connectivity index (χ1n) is 11.8. The lowest BCUT2D eigenvalue weighted by Gasteiger charge is -2.39. The average Bonchev–Trinajstić information content (AvgIpc) is 2.91. The van der Waals surface area contributed by atoms with Gasteiger partial charge in [-0.05, 0) is 77.4 Å². The summed E-state index contributed by atoms with van der Waals surface area (Å²) in [6.45, 7) is 2.84. The van der Waals surface area contributed by atoms with Crippen LogP contribution in [0.25, 0.3) is 0 Å². The SMILES string of the molecule is CCCCCOc1ccc(S(OC(=O)c2ccccc2O)(c2ccccc2)c2ccccc2)cc1. The molecule has 0 aliphatic rings. The predicted molar refractivity (Wildman–Crippen MR) is 140 cm³/mol. The van der Waals surface area contributed by atoms with E-state index in [2.05, 4.69) is 6.92 Å². The van der Waals surface area contributed by atoms with E-state index in [1.54, 1.807) is 18.2 Å². The molecule has 4 rings (SSSR count). The third-order valence-corrected chi connectivity index (χ3v) is 8.86. The van der Waals surface area contributed by atoms with E-state index in [1.165, 1.54) is 6.07 Å². The molecule has 0 aliphatic heterocycles. The lowest BCUT2D eigenvalue weighted by Crippen LogP contribution is -2.14. The van der Waals surface area contributed by atoms with Gasteiger partial charge in [0.2, 0.25) is 0 Å². The van der Waals surface area contributed by atoms with Gasteiger partial charge in [-0.2, -0.15) is 0 Å². The molecule has 0 bridgehead atoms. The monoisotopic (exact) mass is 486 g/mol. The van der Waals surface area contributed by atoms with E-state index in [0.29, 0.717) is 6.61 Å². The lowest BCUT2D eigenvalue weighted by molar-refractivity contribution is 0.0754. The molecule has 4 nitrogen and oxygen atoms in total. The fourth-order valence-corrected chi connectivity index (χ4v) is 6.87. The molecule has 0 amide bonds. The van der Waals surface area contributed by atoms with Gasteiger partial charge in [-0.25, -0.2) is 4.79 Å². The lowest BCUT2D eigenvalue weighted by atomic mass is 10.2. The van der Waals surface area contributed by atoms with Crippen LogP contribution < -0.4 is 4.74 Å². The van der Waals surface area contributed by atoms with Crippen molar-refractivity contribution in [3.05, 3.63) is 115 Å². The summed E-state index contributed by atoms with van der Waals surface area (Å²) in [5.41, 5.74) is 0.132. The van der Waals surface area contributed by atoms with Crippen LogP contribution in [0.2, 0.25) is 0 Å². The Morgan fingerprint density at radius 1 is 0.714 bits per heavy atom. The zero-order chi connectivity index (χ0) is 24.5. The van der Waals surface area contributed by atoms with Crippen molar-refractivity contribution < 1.29 is 18.8 Å². The molecule has 5 heteroatoms. The first-order chi connectivity index (χ1) is 17.1. The number of phenols is 1. The van der Waals surface area contributed by atoms with Crippen LogP contribution in [0, 0.1) is 0 Å². The molecular weight excluding hydrogens is 456 g/mol. The van der Waals surface area contributed by atoms with E-state index >= 15 is 0 Å². The molecule has 0 heterocycles. The molecule has 4 aromatic carbocycles. The van der Waals surface area contributed by atoms with Crippen molar-refractivity contribution in [3.8, 4) is 11.5 Å².